The maximum atomic E-state index is 12.3. The summed E-state index contributed by atoms with van der Waals surface area (Å²) < 4.78 is 0. The summed E-state index contributed by atoms with van der Waals surface area (Å²) in [6.45, 7) is 5.97. The van der Waals surface area contributed by atoms with Crippen molar-refractivity contribution >= 4 is 17.3 Å². The van der Waals surface area contributed by atoms with Gasteiger partial charge in [-0.1, -0.05) is 43.3 Å². The van der Waals surface area contributed by atoms with E-state index in [0.29, 0.717) is 5.69 Å². The first-order valence-corrected chi connectivity index (χ1v) is 7.89. The highest BCUT2D eigenvalue weighted by molar-refractivity contribution is 6.07. The zero-order valence-corrected chi connectivity index (χ0v) is 14.2. The number of nitrogens with zero attached hydrogens (tertiary/aromatic N) is 1. The summed E-state index contributed by atoms with van der Waals surface area (Å²) in [5.74, 6) is -0.425. The fourth-order valence-electron chi connectivity index (χ4n) is 2.43. The zero-order chi connectivity index (χ0) is 17.5. The lowest BCUT2D eigenvalue weighted by Gasteiger charge is -2.12. The number of nitrogens with one attached hydrogen (secondary N) is 2. The number of aryl methyl sites for hydroxylation is 3. The van der Waals surface area contributed by atoms with Gasteiger partial charge in [-0.3, -0.25) is 4.79 Å². The van der Waals surface area contributed by atoms with Gasteiger partial charge in [0.2, 0.25) is 0 Å². The quantitative estimate of drug-likeness (QED) is 0.637. The number of anilines is 2. The largest absolute Gasteiger partial charge is 0.360 e. The van der Waals surface area contributed by atoms with Gasteiger partial charge in [0.05, 0.1) is 0 Å². The minimum absolute atomic E-state index is 0.0311. The van der Waals surface area contributed by atoms with Crippen LogP contribution in [0.1, 0.15) is 23.6 Å². The Hall–Kier alpha value is -3.06. The number of hydrogen-bond donors (Lipinski definition) is 2. The molecule has 24 heavy (non-hydrogen) atoms. The third-order valence-electron chi connectivity index (χ3n) is 3.86. The molecule has 2 aromatic carbocycles. The summed E-state index contributed by atoms with van der Waals surface area (Å²) in [5, 5.41) is 15.2. The summed E-state index contributed by atoms with van der Waals surface area (Å²) in [5.41, 5.74) is 4.84. The second kappa shape index (κ2) is 7.98. The van der Waals surface area contributed by atoms with E-state index in [9.17, 15) is 10.1 Å². The van der Waals surface area contributed by atoms with E-state index in [1.54, 1.807) is 0 Å². The molecule has 0 atom stereocenters. The predicted molar refractivity (Wildman–Crippen MR) is 97.7 cm³/mol. The van der Waals surface area contributed by atoms with Crippen LogP contribution in [0.4, 0.5) is 11.4 Å². The van der Waals surface area contributed by atoms with Crippen molar-refractivity contribution in [3.05, 3.63) is 70.9 Å². The molecule has 0 radical (unpaired) electrons. The van der Waals surface area contributed by atoms with Gasteiger partial charge in [-0.2, -0.15) is 5.26 Å². The van der Waals surface area contributed by atoms with E-state index in [1.807, 2.05) is 62.4 Å². The first kappa shape index (κ1) is 17.3. The third-order valence-corrected chi connectivity index (χ3v) is 3.86. The van der Waals surface area contributed by atoms with E-state index in [-0.39, 0.29) is 5.57 Å². The molecule has 0 bridgehead atoms. The molecule has 0 fully saturated rings. The number of nitriles is 1. The van der Waals surface area contributed by atoms with E-state index >= 15 is 0 Å². The van der Waals surface area contributed by atoms with Crippen LogP contribution in [-0.4, -0.2) is 5.91 Å². The predicted octanol–water partition coefficient (Wildman–Crippen LogP) is 4.32. The number of benzene rings is 2. The number of hydrogen-bond acceptors (Lipinski definition) is 3. The molecule has 4 nitrogen and oxygen atoms in total. The summed E-state index contributed by atoms with van der Waals surface area (Å²) in [4.78, 5) is 12.3. The van der Waals surface area contributed by atoms with Crippen molar-refractivity contribution in [2.75, 3.05) is 10.6 Å². The maximum absolute atomic E-state index is 12.3. The van der Waals surface area contributed by atoms with Crippen LogP contribution in [0.3, 0.4) is 0 Å². The van der Waals surface area contributed by atoms with Gasteiger partial charge in [-0.05, 0) is 43.0 Å². The van der Waals surface area contributed by atoms with E-state index in [2.05, 4.69) is 17.6 Å². The molecule has 0 aromatic heterocycles. The molecule has 0 unspecified atom stereocenters. The Kier molecular flexibility index (Phi) is 5.75. The van der Waals surface area contributed by atoms with Crippen molar-refractivity contribution in [2.45, 2.75) is 27.2 Å². The Morgan fingerprint density at radius 2 is 1.83 bits per heavy atom. The molecule has 0 heterocycles. The molecule has 4 heteroatoms. The molecule has 0 spiro atoms. The molecule has 0 aliphatic heterocycles. The highest BCUT2D eigenvalue weighted by Crippen LogP contribution is 2.21. The van der Waals surface area contributed by atoms with Gasteiger partial charge in [-0.25, -0.2) is 0 Å². The molecule has 0 aliphatic rings. The van der Waals surface area contributed by atoms with E-state index in [4.69, 9.17) is 0 Å². The Balaban J connectivity index is 2.20. The standard InChI is InChI=1S/C20H21N3O/c1-4-16-10-7-9-15(3)19(16)22-13-17(12-21)20(24)23-18-11-6-5-8-14(18)2/h5-11,13,22H,4H2,1-3H3,(H,23,24)/b17-13-. The summed E-state index contributed by atoms with van der Waals surface area (Å²) in [7, 11) is 0. The van der Waals surface area contributed by atoms with Crippen molar-refractivity contribution in [3.63, 3.8) is 0 Å². The van der Waals surface area contributed by atoms with Crippen molar-refractivity contribution in [2.24, 2.45) is 0 Å². The molecular weight excluding hydrogens is 298 g/mol. The Labute approximate surface area is 142 Å². The molecular formula is C20H21N3O. The Morgan fingerprint density at radius 3 is 2.50 bits per heavy atom. The first-order valence-electron chi connectivity index (χ1n) is 7.89. The van der Waals surface area contributed by atoms with Gasteiger partial charge < -0.3 is 10.6 Å². The average Bonchev–Trinajstić information content (AvgIpc) is 2.58. The number of carbonyl (C=O) groups excluding carboxylic acids is 1. The van der Waals surface area contributed by atoms with Gasteiger partial charge in [0.25, 0.3) is 5.91 Å². The van der Waals surface area contributed by atoms with E-state index in [1.165, 1.54) is 6.20 Å². The highest BCUT2D eigenvalue weighted by atomic mass is 16.1. The molecule has 2 rings (SSSR count). The summed E-state index contributed by atoms with van der Waals surface area (Å²) >= 11 is 0. The van der Waals surface area contributed by atoms with Crippen molar-refractivity contribution in [1.29, 1.82) is 5.26 Å². The molecule has 0 saturated heterocycles. The second-order valence-corrected chi connectivity index (χ2v) is 5.55. The topological polar surface area (TPSA) is 64.9 Å². The molecule has 0 saturated carbocycles. The number of rotatable bonds is 5. The third kappa shape index (κ3) is 4.02. The number of carbonyl (C=O) groups is 1. The lowest BCUT2D eigenvalue weighted by atomic mass is 10.1. The lowest BCUT2D eigenvalue weighted by molar-refractivity contribution is -0.112. The minimum Gasteiger partial charge on any atom is -0.360 e. The van der Waals surface area contributed by atoms with E-state index < -0.39 is 5.91 Å². The van der Waals surface area contributed by atoms with Crippen molar-refractivity contribution in [3.8, 4) is 6.07 Å². The summed E-state index contributed by atoms with van der Waals surface area (Å²) in [6.07, 6.45) is 2.34. The van der Waals surface area contributed by atoms with Crippen molar-refractivity contribution < 1.29 is 4.79 Å². The van der Waals surface area contributed by atoms with Gasteiger partial charge in [-0.15, -0.1) is 0 Å². The summed E-state index contributed by atoms with van der Waals surface area (Å²) in [6, 6.07) is 15.4. The fourth-order valence-corrected chi connectivity index (χ4v) is 2.43. The highest BCUT2D eigenvalue weighted by Gasteiger charge is 2.11. The van der Waals surface area contributed by atoms with Crippen molar-refractivity contribution in [1.82, 2.24) is 0 Å². The van der Waals surface area contributed by atoms with Gasteiger partial charge >= 0.3 is 0 Å². The molecule has 122 valence electrons. The monoisotopic (exact) mass is 319 g/mol. The van der Waals surface area contributed by atoms with Crippen LogP contribution >= 0.6 is 0 Å². The van der Waals surface area contributed by atoms with Crippen LogP contribution in [0.2, 0.25) is 0 Å². The average molecular weight is 319 g/mol. The molecule has 2 N–H and O–H groups in total. The minimum atomic E-state index is -0.425. The van der Waals surface area contributed by atoms with Gasteiger partial charge in [0.1, 0.15) is 11.6 Å². The van der Waals surface area contributed by atoms with Gasteiger partial charge in [0.15, 0.2) is 0 Å². The Bertz CT molecular complexity index is 816. The number of para-hydroxylation sites is 2. The van der Waals surface area contributed by atoms with Crippen LogP contribution in [0.25, 0.3) is 0 Å². The lowest BCUT2D eigenvalue weighted by Crippen LogP contribution is -2.15. The number of amides is 1. The fraction of sp³-hybridized carbons (Fsp3) is 0.200. The smallest absolute Gasteiger partial charge is 0.267 e. The maximum Gasteiger partial charge on any atom is 0.267 e. The molecule has 2 aromatic rings. The van der Waals surface area contributed by atoms with Crippen LogP contribution in [0.15, 0.2) is 54.2 Å². The van der Waals surface area contributed by atoms with Crippen LogP contribution in [-0.2, 0) is 11.2 Å². The first-order chi connectivity index (χ1) is 11.6. The van der Waals surface area contributed by atoms with Crippen LogP contribution in [0, 0.1) is 25.2 Å². The molecule has 0 aliphatic carbocycles. The molecule has 1 amide bonds. The van der Waals surface area contributed by atoms with Gasteiger partial charge in [0, 0.05) is 17.6 Å². The van der Waals surface area contributed by atoms with E-state index in [0.717, 1.165) is 28.8 Å². The zero-order valence-electron chi connectivity index (χ0n) is 14.2. The SMILES string of the molecule is CCc1cccc(C)c1N/C=C(/C#N)C(=O)Nc1ccccc1C. The normalized spacial score (nSPS) is 10.8. The Morgan fingerprint density at radius 1 is 1.12 bits per heavy atom. The van der Waals surface area contributed by atoms with Crippen LogP contribution < -0.4 is 10.6 Å². The van der Waals surface area contributed by atoms with Crippen LogP contribution in [0.5, 0.6) is 0 Å². The second-order valence-electron chi connectivity index (χ2n) is 5.55.